The van der Waals surface area contributed by atoms with E-state index in [9.17, 15) is 4.79 Å². The summed E-state index contributed by atoms with van der Waals surface area (Å²) in [5, 5.41) is 0. The second-order valence-corrected chi connectivity index (χ2v) is 3.70. The standard InChI is InChI=1S/C12H24O3/c1-4-7-9-14-10-11(6-3)12(13)15-8-5-2/h11H,4-10H2,1-3H3. The molecule has 0 bridgehead atoms. The van der Waals surface area contributed by atoms with E-state index in [4.69, 9.17) is 9.47 Å². The number of ether oxygens (including phenoxy) is 2. The van der Waals surface area contributed by atoms with Gasteiger partial charge in [-0.2, -0.15) is 0 Å². The molecule has 15 heavy (non-hydrogen) atoms. The Morgan fingerprint density at radius 1 is 1.13 bits per heavy atom. The van der Waals surface area contributed by atoms with Crippen molar-refractivity contribution in [1.82, 2.24) is 0 Å². The first-order valence-corrected chi connectivity index (χ1v) is 6.00. The van der Waals surface area contributed by atoms with Crippen molar-refractivity contribution in [3.8, 4) is 0 Å². The summed E-state index contributed by atoms with van der Waals surface area (Å²) in [4.78, 5) is 11.5. The van der Waals surface area contributed by atoms with E-state index in [0.717, 1.165) is 32.3 Å². The summed E-state index contributed by atoms with van der Waals surface area (Å²) in [6, 6.07) is 0. The summed E-state index contributed by atoms with van der Waals surface area (Å²) in [7, 11) is 0. The lowest BCUT2D eigenvalue weighted by Crippen LogP contribution is -2.22. The Labute approximate surface area is 93.1 Å². The molecule has 0 spiro atoms. The first-order chi connectivity index (χ1) is 7.26. The minimum atomic E-state index is -0.115. The van der Waals surface area contributed by atoms with E-state index in [2.05, 4.69) is 6.92 Å². The van der Waals surface area contributed by atoms with Gasteiger partial charge in [-0.3, -0.25) is 4.79 Å². The van der Waals surface area contributed by atoms with Crippen LogP contribution < -0.4 is 0 Å². The van der Waals surface area contributed by atoms with Crippen LogP contribution in [0.5, 0.6) is 0 Å². The van der Waals surface area contributed by atoms with Gasteiger partial charge in [0.1, 0.15) is 0 Å². The Morgan fingerprint density at radius 2 is 1.87 bits per heavy atom. The van der Waals surface area contributed by atoms with Gasteiger partial charge in [0.2, 0.25) is 0 Å². The summed E-state index contributed by atoms with van der Waals surface area (Å²) in [6.45, 7) is 7.86. The van der Waals surface area contributed by atoms with E-state index in [1.165, 1.54) is 0 Å². The molecular weight excluding hydrogens is 192 g/mol. The first kappa shape index (κ1) is 14.4. The van der Waals surface area contributed by atoms with Crippen molar-refractivity contribution >= 4 is 5.97 Å². The molecule has 0 aromatic heterocycles. The molecule has 3 nitrogen and oxygen atoms in total. The van der Waals surface area contributed by atoms with Crippen LogP contribution in [0.25, 0.3) is 0 Å². The molecule has 0 aromatic carbocycles. The second kappa shape index (κ2) is 9.97. The van der Waals surface area contributed by atoms with Crippen LogP contribution in [0, 0.1) is 5.92 Å². The topological polar surface area (TPSA) is 35.5 Å². The maximum atomic E-state index is 11.5. The minimum absolute atomic E-state index is 0.0894. The van der Waals surface area contributed by atoms with Crippen molar-refractivity contribution < 1.29 is 14.3 Å². The van der Waals surface area contributed by atoms with Crippen molar-refractivity contribution in [2.45, 2.75) is 46.5 Å². The molecule has 1 unspecified atom stereocenters. The number of esters is 1. The van der Waals surface area contributed by atoms with Gasteiger partial charge in [-0.05, 0) is 19.3 Å². The van der Waals surface area contributed by atoms with E-state index in [-0.39, 0.29) is 11.9 Å². The van der Waals surface area contributed by atoms with Gasteiger partial charge < -0.3 is 9.47 Å². The molecule has 0 heterocycles. The number of carbonyl (C=O) groups is 1. The highest BCUT2D eigenvalue weighted by molar-refractivity contribution is 5.72. The maximum absolute atomic E-state index is 11.5. The smallest absolute Gasteiger partial charge is 0.311 e. The quantitative estimate of drug-likeness (QED) is 0.439. The van der Waals surface area contributed by atoms with Crippen LogP contribution >= 0.6 is 0 Å². The van der Waals surface area contributed by atoms with Gasteiger partial charge in [0.25, 0.3) is 0 Å². The number of hydrogen-bond donors (Lipinski definition) is 0. The van der Waals surface area contributed by atoms with E-state index in [0.29, 0.717) is 13.2 Å². The molecule has 0 saturated carbocycles. The van der Waals surface area contributed by atoms with Crippen molar-refractivity contribution in [2.24, 2.45) is 5.92 Å². The molecule has 0 aliphatic rings. The van der Waals surface area contributed by atoms with Crippen LogP contribution in [-0.4, -0.2) is 25.8 Å². The molecule has 0 amide bonds. The third-order valence-electron chi connectivity index (χ3n) is 2.24. The van der Waals surface area contributed by atoms with Crippen molar-refractivity contribution in [2.75, 3.05) is 19.8 Å². The molecule has 0 aliphatic heterocycles. The van der Waals surface area contributed by atoms with Crippen LogP contribution in [0.15, 0.2) is 0 Å². The number of rotatable bonds is 9. The van der Waals surface area contributed by atoms with Gasteiger partial charge in [-0.15, -0.1) is 0 Å². The molecule has 0 saturated heterocycles. The Bertz CT molecular complexity index is 157. The molecule has 0 fully saturated rings. The van der Waals surface area contributed by atoms with Gasteiger partial charge in [-0.1, -0.05) is 27.2 Å². The van der Waals surface area contributed by atoms with Crippen LogP contribution in [0.2, 0.25) is 0 Å². The molecule has 3 heteroatoms. The SMILES string of the molecule is CCCCOCC(CC)C(=O)OCCC. The summed E-state index contributed by atoms with van der Waals surface area (Å²) in [6.07, 6.45) is 3.84. The Kier molecular flexibility index (Phi) is 9.59. The van der Waals surface area contributed by atoms with E-state index in [1.54, 1.807) is 0 Å². The predicted octanol–water partition coefficient (Wildman–Crippen LogP) is 2.78. The number of hydrogen-bond acceptors (Lipinski definition) is 3. The summed E-state index contributed by atoms with van der Waals surface area (Å²) in [5.74, 6) is -0.204. The lowest BCUT2D eigenvalue weighted by Gasteiger charge is -2.13. The van der Waals surface area contributed by atoms with Crippen molar-refractivity contribution in [1.29, 1.82) is 0 Å². The summed E-state index contributed by atoms with van der Waals surface area (Å²) in [5.41, 5.74) is 0. The van der Waals surface area contributed by atoms with E-state index < -0.39 is 0 Å². The third-order valence-corrected chi connectivity index (χ3v) is 2.24. The molecular formula is C12H24O3. The zero-order valence-electron chi connectivity index (χ0n) is 10.3. The third kappa shape index (κ3) is 7.37. The average Bonchev–Trinajstić information content (AvgIpc) is 2.26. The fourth-order valence-electron chi connectivity index (χ4n) is 1.15. The van der Waals surface area contributed by atoms with Gasteiger partial charge in [-0.25, -0.2) is 0 Å². The highest BCUT2D eigenvalue weighted by Crippen LogP contribution is 2.07. The van der Waals surface area contributed by atoms with Crippen LogP contribution in [0.1, 0.15) is 46.5 Å². The number of carbonyl (C=O) groups excluding carboxylic acids is 1. The molecule has 1 atom stereocenters. The van der Waals surface area contributed by atoms with Gasteiger partial charge in [0.15, 0.2) is 0 Å². The zero-order valence-corrected chi connectivity index (χ0v) is 10.3. The van der Waals surface area contributed by atoms with E-state index in [1.807, 2.05) is 13.8 Å². The van der Waals surface area contributed by atoms with Gasteiger partial charge in [0.05, 0.1) is 19.1 Å². The fraction of sp³-hybridized carbons (Fsp3) is 0.917. The van der Waals surface area contributed by atoms with E-state index >= 15 is 0 Å². The Balaban J connectivity index is 3.65. The second-order valence-electron chi connectivity index (χ2n) is 3.70. The van der Waals surface area contributed by atoms with Gasteiger partial charge in [0, 0.05) is 6.61 Å². The van der Waals surface area contributed by atoms with Crippen molar-refractivity contribution in [3.05, 3.63) is 0 Å². The fourth-order valence-corrected chi connectivity index (χ4v) is 1.15. The van der Waals surface area contributed by atoms with Crippen molar-refractivity contribution in [3.63, 3.8) is 0 Å². The normalized spacial score (nSPS) is 12.5. The van der Waals surface area contributed by atoms with Crippen LogP contribution in [0.4, 0.5) is 0 Å². The molecule has 90 valence electrons. The first-order valence-electron chi connectivity index (χ1n) is 6.00. The summed E-state index contributed by atoms with van der Waals surface area (Å²) < 4.78 is 10.5. The highest BCUT2D eigenvalue weighted by Gasteiger charge is 2.17. The lowest BCUT2D eigenvalue weighted by atomic mass is 10.1. The largest absolute Gasteiger partial charge is 0.465 e. The average molecular weight is 216 g/mol. The molecule has 0 N–H and O–H groups in total. The Morgan fingerprint density at radius 3 is 2.40 bits per heavy atom. The monoisotopic (exact) mass is 216 g/mol. The lowest BCUT2D eigenvalue weighted by molar-refractivity contribution is -0.150. The molecule has 0 rings (SSSR count). The van der Waals surface area contributed by atoms with Crippen LogP contribution in [-0.2, 0) is 14.3 Å². The molecule has 0 aromatic rings. The summed E-state index contributed by atoms with van der Waals surface area (Å²) >= 11 is 0. The molecule has 0 aliphatic carbocycles. The molecule has 0 radical (unpaired) electrons. The highest BCUT2D eigenvalue weighted by atomic mass is 16.5. The predicted molar refractivity (Wildman–Crippen MR) is 60.8 cm³/mol. The minimum Gasteiger partial charge on any atom is -0.465 e. The number of unbranched alkanes of at least 4 members (excludes halogenated alkanes) is 1. The van der Waals surface area contributed by atoms with Crippen LogP contribution in [0.3, 0.4) is 0 Å². The maximum Gasteiger partial charge on any atom is 0.311 e. The van der Waals surface area contributed by atoms with Gasteiger partial charge >= 0.3 is 5.97 Å². The Hall–Kier alpha value is -0.570. The zero-order chi connectivity index (χ0) is 11.5.